The number of carbonyl (C=O) groups excluding carboxylic acids is 2. The molecule has 8 heteroatoms. The number of nitrogens with one attached hydrogen (secondary N) is 1. The summed E-state index contributed by atoms with van der Waals surface area (Å²) in [6.07, 6.45) is -4.49. The number of alkyl halides is 3. The van der Waals surface area contributed by atoms with Crippen molar-refractivity contribution in [1.82, 2.24) is 0 Å². The van der Waals surface area contributed by atoms with Crippen LogP contribution in [0.3, 0.4) is 0 Å². The van der Waals surface area contributed by atoms with E-state index in [1.54, 1.807) is 6.92 Å². The van der Waals surface area contributed by atoms with Gasteiger partial charge in [-0.05, 0) is 38.3 Å². The first kappa shape index (κ1) is 21.0. The third kappa shape index (κ3) is 4.68. The van der Waals surface area contributed by atoms with Gasteiger partial charge in [-0.2, -0.15) is 13.2 Å². The van der Waals surface area contributed by atoms with Gasteiger partial charge in [-0.15, -0.1) is 11.3 Å². The van der Waals surface area contributed by atoms with Gasteiger partial charge in [0.15, 0.2) is 0 Å². The molecule has 2 rings (SSSR count). The Bertz CT molecular complexity index is 872. The zero-order valence-electron chi connectivity index (χ0n) is 15.4. The van der Waals surface area contributed by atoms with E-state index in [9.17, 15) is 22.8 Å². The number of hydrogen-bond acceptors (Lipinski definition) is 4. The average Bonchev–Trinajstić information content (AvgIpc) is 2.87. The zero-order chi connectivity index (χ0) is 20.4. The number of halogens is 3. The van der Waals surface area contributed by atoms with Gasteiger partial charge >= 0.3 is 18.1 Å². The van der Waals surface area contributed by atoms with Gasteiger partial charge in [0, 0.05) is 10.4 Å². The number of aryl methyl sites for hydroxylation is 3. The molecule has 0 unspecified atom stereocenters. The molecule has 0 aliphatic rings. The minimum absolute atomic E-state index is 0.0458. The van der Waals surface area contributed by atoms with Crippen molar-refractivity contribution in [3.8, 4) is 11.1 Å². The Kier molecular flexibility index (Phi) is 6.30. The zero-order valence-corrected chi connectivity index (χ0v) is 16.2. The van der Waals surface area contributed by atoms with Crippen molar-refractivity contribution in [1.29, 1.82) is 0 Å². The summed E-state index contributed by atoms with van der Waals surface area (Å²) < 4.78 is 43.2. The van der Waals surface area contributed by atoms with E-state index in [4.69, 9.17) is 4.74 Å². The Morgan fingerprint density at radius 3 is 2.41 bits per heavy atom. The van der Waals surface area contributed by atoms with Crippen LogP contribution in [0.25, 0.3) is 11.1 Å². The lowest BCUT2D eigenvalue weighted by Crippen LogP contribution is -2.30. The number of esters is 1. The van der Waals surface area contributed by atoms with Crippen LogP contribution in [-0.2, 0) is 9.53 Å². The summed E-state index contributed by atoms with van der Waals surface area (Å²) in [6, 6.07) is 5.59. The molecule has 0 radical (unpaired) electrons. The van der Waals surface area contributed by atoms with Gasteiger partial charge in [-0.3, -0.25) is 4.79 Å². The van der Waals surface area contributed by atoms with Crippen molar-refractivity contribution < 1.29 is 27.5 Å². The van der Waals surface area contributed by atoms with Crippen LogP contribution < -0.4 is 5.32 Å². The van der Waals surface area contributed by atoms with E-state index in [2.05, 4.69) is 0 Å². The van der Waals surface area contributed by atoms with Crippen LogP contribution in [-0.4, -0.2) is 24.7 Å². The minimum Gasteiger partial charge on any atom is -0.462 e. The molecular formula is C19H20F3NO3S. The number of carbonyl (C=O) groups is 2. The Hall–Kier alpha value is -2.35. The lowest BCUT2D eigenvalue weighted by atomic mass is 9.96. The van der Waals surface area contributed by atoms with Gasteiger partial charge in [-0.25, -0.2) is 4.79 Å². The maximum absolute atomic E-state index is 12.7. The summed E-state index contributed by atoms with van der Waals surface area (Å²) >= 11 is 0.922. The summed E-state index contributed by atoms with van der Waals surface area (Å²) in [7, 11) is 0. The van der Waals surface area contributed by atoms with E-state index in [1.807, 2.05) is 44.3 Å². The lowest BCUT2D eigenvalue weighted by Gasteiger charge is -2.12. The third-order valence-corrected chi connectivity index (χ3v) is 4.88. The van der Waals surface area contributed by atoms with Crippen molar-refractivity contribution in [2.75, 3.05) is 11.9 Å². The van der Waals surface area contributed by atoms with E-state index in [0.717, 1.165) is 22.5 Å². The molecule has 1 N–H and O–H groups in total. The summed E-state index contributed by atoms with van der Waals surface area (Å²) in [5.74, 6) is -2.88. The fraction of sp³-hybridized carbons (Fsp3) is 0.368. The van der Waals surface area contributed by atoms with Crippen molar-refractivity contribution in [3.05, 3.63) is 39.8 Å². The molecular weight excluding hydrogens is 379 g/mol. The highest BCUT2D eigenvalue weighted by molar-refractivity contribution is 7.17. The van der Waals surface area contributed by atoms with E-state index in [1.165, 1.54) is 0 Å². The molecule has 1 amide bonds. The maximum Gasteiger partial charge on any atom is 0.471 e. The molecule has 0 atom stereocenters. The first-order chi connectivity index (χ1) is 12.6. The Labute approximate surface area is 159 Å². The molecule has 0 aliphatic carbocycles. The number of rotatable bonds is 5. The molecule has 27 heavy (non-hydrogen) atoms. The molecule has 0 spiro atoms. The normalized spacial score (nSPS) is 11.4. The molecule has 0 fully saturated rings. The largest absolute Gasteiger partial charge is 0.471 e. The highest BCUT2D eigenvalue weighted by Gasteiger charge is 2.40. The first-order valence-corrected chi connectivity index (χ1v) is 9.14. The van der Waals surface area contributed by atoms with Gasteiger partial charge in [-0.1, -0.05) is 30.7 Å². The van der Waals surface area contributed by atoms with Gasteiger partial charge in [0.2, 0.25) is 0 Å². The Balaban J connectivity index is 2.62. The quantitative estimate of drug-likeness (QED) is 0.684. The molecule has 1 heterocycles. The first-order valence-electron chi connectivity index (χ1n) is 8.32. The fourth-order valence-electron chi connectivity index (χ4n) is 2.69. The van der Waals surface area contributed by atoms with E-state index in [0.29, 0.717) is 22.4 Å². The maximum atomic E-state index is 12.7. The molecule has 1 aromatic heterocycles. The molecule has 2 aromatic rings. The molecule has 0 saturated heterocycles. The van der Waals surface area contributed by atoms with Gasteiger partial charge in [0.1, 0.15) is 10.6 Å². The summed E-state index contributed by atoms with van der Waals surface area (Å²) in [5, 5.41) is 1.66. The number of anilines is 1. The summed E-state index contributed by atoms with van der Waals surface area (Å²) in [4.78, 5) is 24.6. The second-order valence-corrected chi connectivity index (χ2v) is 7.37. The Morgan fingerprint density at radius 2 is 1.85 bits per heavy atom. The number of thiophene rings is 1. The van der Waals surface area contributed by atoms with Crippen LogP contribution in [0.4, 0.5) is 18.2 Å². The van der Waals surface area contributed by atoms with Crippen molar-refractivity contribution in [2.45, 2.75) is 40.3 Å². The molecule has 1 aromatic carbocycles. The number of benzene rings is 1. The van der Waals surface area contributed by atoms with Crippen LogP contribution in [0, 0.1) is 20.8 Å². The number of hydrogen-bond donors (Lipinski definition) is 1. The second kappa shape index (κ2) is 8.12. The predicted molar refractivity (Wildman–Crippen MR) is 99.2 cm³/mol. The van der Waals surface area contributed by atoms with E-state index >= 15 is 0 Å². The SMILES string of the molecule is CCCOC(=O)c1c(NC(=O)C(F)(F)F)sc(C)c1-c1ccc(C)cc1C. The highest BCUT2D eigenvalue weighted by Crippen LogP contribution is 2.42. The topological polar surface area (TPSA) is 55.4 Å². The lowest BCUT2D eigenvalue weighted by molar-refractivity contribution is -0.167. The summed E-state index contributed by atoms with van der Waals surface area (Å²) in [6.45, 7) is 7.41. The molecule has 0 bridgehead atoms. The van der Waals surface area contributed by atoms with Gasteiger partial charge < -0.3 is 10.1 Å². The highest BCUT2D eigenvalue weighted by atomic mass is 32.1. The molecule has 4 nitrogen and oxygen atoms in total. The fourth-order valence-corrected chi connectivity index (χ4v) is 3.74. The van der Waals surface area contributed by atoms with Crippen LogP contribution in [0.5, 0.6) is 0 Å². The van der Waals surface area contributed by atoms with E-state index in [-0.39, 0.29) is 17.2 Å². The monoisotopic (exact) mass is 399 g/mol. The molecule has 0 saturated carbocycles. The van der Waals surface area contributed by atoms with Crippen LogP contribution in [0.15, 0.2) is 18.2 Å². The summed E-state index contributed by atoms with van der Waals surface area (Å²) in [5.41, 5.74) is 3.04. The smallest absolute Gasteiger partial charge is 0.462 e. The third-order valence-electron chi connectivity index (χ3n) is 3.86. The molecule has 0 aliphatic heterocycles. The van der Waals surface area contributed by atoms with Crippen LogP contribution in [0.1, 0.15) is 39.7 Å². The van der Waals surface area contributed by atoms with Crippen LogP contribution >= 0.6 is 11.3 Å². The predicted octanol–water partition coefficient (Wildman–Crippen LogP) is 5.41. The van der Waals surface area contributed by atoms with Crippen LogP contribution in [0.2, 0.25) is 0 Å². The minimum atomic E-state index is -5.05. The molecule has 146 valence electrons. The van der Waals surface area contributed by atoms with Gasteiger partial charge in [0.25, 0.3) is 0 Å². The van der Waals surface area contributed by atoms with Crippen molar-refractivity contribution in [3.63, 3.8) is 0 Å². The number of amides is 1. The number of ether oxygens (including phenoxy) is 1. The van der Waals surface area contributed by atoms with Crippen molar-refractivity contribution in [2.24, 2.45) is 0 Å². The van der Waals surface area contributed by atoms with Gasteiger partial charge in [0.05, 0.1) is 6.61 Å². The average molecular weight is 399 g/mol. The standard InChI is InChI=1S/C19H20F3NO3S/c1-5-8-26-17(24)15-14(13-7-6-10(2)9-11(13)3)12(4)27-16(15)23-18(25)19(20,21)22/h6-7,9H,5,8H2,1-4H3,(H,23,25). The Morgan fingerprint density at radius 1 is 1.19 bits per heavy atom. The van der Waals surface area contributed by atoms with Crippen molar-refractivity contribution >= 4 is 28.2 Å². The van der Waals surface area contributed by atoms with E-state index < -0.39 is 18.1 Å². The second-order valence-electron chi connectivity index (χ2n) is 6.14.